The standard InChI is InChI=1S/C32H45ClN2O6/c1-22(21-23(2)26-18-19-27(40-7)31(39)41-26)13-10-8-9-11-15-28(37)35-29(32(4,5)6)30(38)34-20-12-14-25(36)17-16-24(3)33/h10,12-13,16,19-21,23,25-26,29,36H,11,14-15,17-18H2,1-7H3,(H,34,38)(H,35,37)/t23-,25+,26-,29+/m0/s1. The van der Waals surface area contributed by atoms with Crippen LogP contribution in [0.3, 0.4) is 0 Å². The van der Waals surface area contributed by atoms with Crippen molar-refractivity contribution in [3.8, 4) is 11.8 Å². The molecule has 0 aliphatic carbocycles. The SMILES string of the molecule is COC1=CC[C@@H]([C@@H](C)C=C(C)C=CC#CCCC(=O)N[C@H](C(=O)NC=CC[C@@H](O)CC=C(C)Cl)C(C)(C)C)OC1=O. The third-order valence-electron chi connectivity index (χ3n) is 6.19. The molecule has 0 unspecified atom stereocenters. The first-order valence-corrected chi connectivity index (χ1v) is 14.2. The van der Waals surface area contributed by atoms with Gasteiger partial charge in [0.2, 0.25) is 11.8 Å². The Morgan fingerprint density at radius 3 is 2.61 bits per heavy atom. The van der Waals surface area contributed by atoms with Crippen LogP contribution in [-0.2, 0) is 23.9 Å². The van der Waals surface area contributed by atoms with E-state index in [1.54, 1.807) is 31.2 Å². The predicted molar refractivity (Wildman–Crippen MR) is 162 cm³/mol. The minimum absolute atomic E-state index is 0.0211. The molecule has 0 aromatic heterocycles. The van der Waals surface area contributed by atoms with Crippen LogP contribution in [0.15, 0.2) is 59.0 Å². The molecule has 0 saturated carbocycles. The van der Waals surface area contributed by atoms with Gasteiger partial charge in [-0.15, -0.1) is 0 Å². The Balaban J connectivity index is 2.53. The number of ether oxygens (including phenoxy) is 2. The molecule has 1 aliphatic heterocycles. The van der Waals surface area contributed by atoms with E-state index in [0.717, 1.165) is 5.57 Å². The average Bonchev–Trinajstić information content (AvgIpc) is 2.89. The van der Waals surface area contributed by atoms with Gasteiger partial charge in [-0.2, -0.15) is 0 Å². The molecular weight excluding hydrogens is 544 g/mol. The first-order chi connectivity index (χ1) is 19.2. The van der Waals surface area contributed by atoms with Gasteiger partial charge in [0.05, 0.1) is 13.2 Å². The summed E-state index contributed by atoms with van der Waals surface area (Å²) in [6.45, 7) is 11.3. The van der Waals surface area contributed by atoms with Crippen molar-refractivity contribution in [2.45, 2.75) is 91.9 Å². The van der Waals surface area contributed by atoms with Gasteiger partial charge in [-0.05, 0) is 50.5 Å². The van der Waals surface area contributed by atoms with Crippen LogP contribution < -0.4 is 10.6 Å². The highest BCUT2D eigenvalue weighted by molar-refractivity contribution is 6.29. The zero-order chi connectivity index (χ0) is 31.0. The predicted octanol–water partition coefficient (Wildman–Crippen LogP) is 5.20. The molecule has 1 aliphatic rings. The van der Waals surface area contributed by atoms with Gasteiger partial charge in [0.15, 0.2) is 5.76 Å². The van der Waals surface area contributed by atoms with Crippen molar-refractivity contribution in [1.29, 1.82) is 0 Å². The zero-order valence-electron chi connectivity index (χ0n) is 25.3. The third-order valence-corrected chi connectivity index (χ3v) is 6.35. The maximum absolute atomic E-state index is 12.7. The third kappa shape index (κ3) is 14.8. The Bertz CT molecular complexity index is 1110. The lowest BCUT2D eigenvalue weighted by molar-refractivity contribution is -0.151. The molecule has 3 N–H and O–H groups in total. The van der Waals surface area contributed by atoms with Crippen LogP contribution in [0.2, 0.25) is 0 Å². The molecule has 41 heavy (non-hydrogen) atoms. The number of carbonyl (C=O) groups excluding carboxylic acids is 3. The summed E-state index contributed by atoms with van der Waals surface area (Å²) in [5.41, 5.74) is 0.468. The molecule has 0 radical (unpaired) electrons. The van der Waals surface area contributed by atoms with Crippen LogP contribution in [0, 0.1) is 23.2 Å². The number of hydrogen-bond acceptors (Lipinski definition) is 6. The van der Waals surface area contributed by atoms with E-state index in [1.807, 2.05) is 46.8 Å². The first-order valence-electron chi connectivity index (χ1n) is 13.8. The maximum atomic E-state index is 12.7. The van der Waals surface area contributed by atoms with Crippen LogP contribution in [-0.4, -0.2) is 48.2 Å². The Hall–Kier alpha value is -3.28. The fraction of sp³-hybridized carbons (Fsp3) is 0.531. The van der Waals surface area contributed by atoms with Crippen molar-refractivity contribution in [2.24, 2.45) is 11.3 Å². The second-order valence-corrected chi connectivity index (χ2v) is 11.7. The summed E-state index contributed by atoms with van der Waals surface area (Å²) in [4.78, 5) is 37.1. The first kappa shape index (κ1) is 35.7. The second kappa shape index (κ2) is 18.2. The number of aliphatic hydroxyl groups excluding tert-OH is 1. The molecule has 8 nitrogen and oxygen atoms in total. The molecule has 1 heterocycles. The fourth-order valence-electron chi connectivity index (χ4n) is 3.85. The van der Waals surface area contributed by atoms with Crippen molar-refractivity contribution < 1.29 is 29.0 Å². The van der Waals surface area contributed by atoms with Crippen molar-refractivity contribution in [3.63, 3.8) is 0 Å². The minimum atomic E-state index is -0.742. The van der Waals surface area contributed by atoms with Crippen LogP contribution in [0.1, 0.15) is 73.6 Å². The van der Waals surface area contributed by atoms with Gasteiger partial charge in [0.1, 0.15) is 12.1 Å². The number of methoxy groups -OCH3 is 1. The highest BCUT2D eigenvalue weighted by Gasteiger charge is 2.32. The minimum Gasteiger partial charge on any atom is -0.490 e. The smallest absolute Gasteiger partial charge is 0.373 e. The van der Waals surface area contributed by atoms with Crippen LogP contribution in [0.4, 0.5) is 0 Å². The number of aliphatic hydroxyl groups is 1. The molecule has 0 spiro atoms. The number of allylic oxidation sites excluding steroid dienone is 4. The van der Waals surface area contributed by atoms with Crippen molar-refractivity contribution >= 4 is 29.4 Å². The summed E-state index contributed by atoms with van der Waals surface area (Å²) in [5.74, 6) is 5.09. The van der Waals surface area contributed by atoms with E-state index in [2.05, 4.69) is 22.5 Å². The lowest BCUT2D eigenvalue weighted by atomic mass is 9.86. The second-order valence-electron chi connectivity index (χ2n) is 11.1. The van der Waals surface area contributed by atoms with Crippen LogP contribution >= 0.6 is 11.6 Å². The van der Waals surface area contributed by atoms with E-state index < -0.39 is 23.5 Å². The number of carbonyl (C=O) groups is 3. The summed E-state index contributed by atoms with van der Waals surface area (Å²) in [6, 6.07) is -0.742. The summed E-state index contributed by atoms with van der Waals surface area (Å²) in [6.07, 6.45) is 13.3. The molecule has 4 atom stereocenters. The summed E-state index contributed by atoms with van der Waals surface area (Å²) >= 11 is 5.77. The molecule has 9 heteroatoms. The number of hydrogen-bond donors (Lipinski definition) is 3. The van der Waals surface area contributed by atoms with Gasteiger partial charge >= 0.3 is 5.97 Å². The summed E-state index contributed by atoms with van der Waals surface area (Å²) < 4.78 is 10.4. The number of amides is 2. The molecule has 226 valence electrons. The van der Waals surface area contributed by atoms with E-state index in [9.17, 15) is 19.5 Å². The largest absolute Gasteiger partial charge is 0.490 e. The zero-order valence-corrected chi connectivity index (χ0v) is 26.0. The van der Waals surface area contributed by atoms with E-state index in [0.29, 0.717) is 30.7 Å². The number of rotatable bonds is 13. The highest BCUT2D eigenvalue weighted by atomic mass is 35.5. The number of halogens is 1. The van der Waals surface area contributed by atoms with E-state index in [4.69, 9.17) is 21.1 Å². The highest BCUT2D eigenvalue weighted by Crippen LogP contribution is 2.23. The van der Waals surface area contributed by atoms with E-state index >= 15 is 0 Å². The monoisotopic (exact) mass is 588 g/mol. The quantitative estimate of drug-likeness (QED) is 0.155. The number of esters is 1. The molecule has 0 saturated heterocycles. The lowest BCUT2D eigenvalue weighted by Crippen LogP contribution is -2.52. The van der Waals surface area contributed by atoms with Crippen molar-refractivity contribution in [3.05, 3.63) is 59.0 Å². The van der Waals surface area contributed by atoms with Crippen molar-refractivity contribution in [1.82, 2.24) is 10.6 Å². The summed E-state index contributed by atoms with van der Waals surface area (Å²) in [5, 5.41) is 16.0. The van der Waals surface area contributed by atoms with E-state index in [-0.39, 0.29) is 36.0 Å². The van der Waals surface area contributed by atoms with Crippen molar-refractivity contribution in [2.75, 3.05) is 7.11 Å². The van der Waals surface area contributed by atoms with Gasteiger partial charge in [0.25, 0.3) is 0 Å². The molecule has 0 bridgehead atoms. The molecular formula is C32H45ClN2O6. The van der Waals surface area contributed by atoms with Gasteiger partial charge in [-0.3, -0.25) is 9.59 Å². The van der Waals surface area contributed by atoms with Gasteiger partial charge in [-0.1, -0.05) is 81.0 Å². The maximum Gasteiger partial charge on any atom is 0.373 e. The number of cyclic esters (lactones) is 1. The van der Waals surface area contributed by atoms with Gasteiger partial charge in [-0.25, -0.2) is 4.79 Å². The Morgan fingerprint density at radius 1 is 1.29 bits per heavy atom. The molecule has 0 aromatic carbocycles. The molecule has 1 rings (SSSR count). The lowest BCUT2D eigenvalue weighted by Gasteiger charge is -2.29. The fourth-order valence-corrected chi connectivity index (χ4v) is 3.94. The Labute approximate surface area is 250 Å². The van der Waals surface area contributed by atoms with Gasteiger partial charge < -0.3 is 25.2 Å². The Kier molecular flexibility index (Phi) is 15.9. The normalized spacial score (nSPS) is 18.6. The van der Waals surface area contributed by atoms with E-state index in [1.165, 1.54) is 13.3 Å². The Morgan fingerprint density at radius 2 is 2.00 bits per heavy atom. The molecule has 2 amide bonds. The topological polar surface area (TPSA) is 114 Å². The molecule has 0 fully saturated rings. The number of nitrogens with one attached hydrogen (secondary N) is 2. The average molecular weight is 589 g/mol. The summed E-state index contributed by atoms with van der Waals surface area (Å²) in [7, 11) is 1.45. The van der Waals surface area contributed by atoms with Gasteiger partial charge in [0, 0.05) is 30.2 Å². The van der Waals surface area contributed by atoms with Crippen LogP contribution in [0.5, 0.6) is 0 Å². The van der Waals surface area contributed by atoms with Crippen LogP contribution in [0.25, 0.3) is 0 Å². The molecule has 0 aromatic rings.